The summed E-state index contributed by atoms with van der Waals surface area (Å²) >= 11 is 0. The second-order valence-corrected chi connectivity index (χ2v) is 4.59. The van der Waals surface area contributed by atoms with Crippen LogP contribution in [0.4, 0.5) is 0 Å². The first-order chi connectivity index (χ1) is 9.22. The Morgan fingerprint density at radius 2 is 2.00 bits per heavy atom. The fourth-order valence-corrected chi connectivity index (χ4v) is 1.66. The number of carbonyl (C=O) groups is 1. The van der Waals surface area contributed by atoms with Crippen LogP contribution in [0.3, 0.4) is 0 Å². The molecule has 3 N–H and O–H groups in total. The van der Waals surface area contributed by atoms with Gasteiger partial charge in [-0.2, -0.15) is 0 Å². The molecule has 0 heterocycles. The van der Waals surface area contributed by atoms with Crippen molar-refractivity contribution in [2.45, 2.75) is 39.2 Å². The van der Waals surface area contributed by atoms with Gasteiger partial charge >= 0.3 is 0 Å². The van der Waals surface area contributed by atoms with E-state index in [1.807, 2.05) is 12.1 Å². The number of hydrogen-bond donors (Lipinski definition) is 2. The molecule has 0 aliphatic carbocycles. The minimum atomic E-state index is -0.240. The van der Waals surface area contributed by atoms with Crippen molar-refractivity contribution < 1.29 is 9.53 Å². The molecule has 1 rings (SSSR count). The van der Waals surface area contributed by atoms with Gasteiger partial charge in [-0.05, 0) is 37.1 Å². The van der Waals surface area contributed by atoms with Crippen LogP contribution in [0.15, 0.2) is 24.3 Å². The van der Waals surface area contributed by atoms with Crippen molar-refractivity contribution in [2.24, 2.45) is 5.73 Å². The van der Waals surface area contributed by atoms with Crippen LogP contribution in [0.5, 0.6) is 5.75 Å². The Bertz CT molecular complexity index is 363. The maximum Gasteiger partial charge on any atom is 0.217 e. The summed E-state index contributed by atoms with van der Waals surface area (Å²) in [7, 11) is 0. The minimum absolute atomic E-state index is 0.240. The lowest BCUT2D eigenvalue weighted by Gasteiger charge is -2.07. The van der Waals surface area contributed by atoms with Gasteiger partial charge in [0, 0.05) is 13.0 Å². The average Bonchev–Trinajstić information content (AvgIpc) is 2.40. The van der Waals surface area contributed by atoms with Gasteiger partial charge in [0.15, 0.2) is 0 Å². The van der Waals surface area contributed by atoms with Crippen LogP contribution in [0.1, 0.15) is 38.2 Å². The average molecular weight is 264 g/mol. The van der Waals surface area contributed by atoms with Crippen LogP contribution in [-0.2, 0) is 11.3 Å². The molecule has 1 amide bonds. The second-order valence-electron chi connectivity index (χ2n) is 4.59. The number of nitrogens with two attached hydrogens (primary N) is 1. The molecule has 0 saturated carbocycles. The van der Waals surface area contributed by atoms with E-state index in [-0.39, 0.29) is 5.91 Å². The Balaban J connectivity index is 2.18. The number of unbranched alkanes of at least 4 members (excludes halogenated alkanes) is 1. The van der Waals surface area contributed by atoms with E-state index in [9.17, 15) is 4.79 Å². The number of ether oxygens (including phenoxy) is 1. The highest BCUT2D eigenvalue weighted by molar-refractivity contribution is 5.73. The Labute approximate surface area is 115 Å². The van der Waals surface area contributed by atoms with Crippen LogP contribution in [-0.4, -0.2) is 19.1 Å². The number of carbonyl (C=O) groups excluding carboxylic acids is 1. The molecule has 0 aliphatic rings. The first-order valence-corrected chi connectivity index (χ1v) is 6.93. The van der Waals surface area contributed by atoms with Crippen LogP contribution in [0.25, 0.3) is 0 Å². The predicted octanol–water partition coefficient (Wildman–Crippen LogP) is 2.22. The number of rotatable bonds is 10. The van der Waals surface area contributed by atoms with E-state index in [1.165, 1.54) is 5.56 Å². The summed E-state index contributed by atoms with van der Waals surface area (Å²) in [6, 6.07) is 8.11. The van der Waals surface area contributed by atoms with Crippen LogP contribution >= 0.6 is 0 Å². The van der Waals surface area contributed by atoms with Crippen molar-refractivity contribution in [3.05, 3.63) is 29.8 Å². The number of amides is 1. The quantitative estimate of drug-likeness (QED) is 0.637. The molecule has 19 heavy (non-hydrogen) atoms. The maximum atomic E-state index is 10.6. The standard InChI is InChI=1S/C15H24N2O2/c1-2-3-11-19-14-8-6-13(7-9-14)12-17-10-4-5-15(16)18/h6-9,17H,2-5,10-12H2,1H3,(H2,16,18). The third-order valence-corrected chi connectivity index (χ3v) is 2.80. The summed E-state index contributed by atoms with van der Waals surface area (Å²) in [5, 5.41) is 3.28. The fraction of sp³-hybridized carbons (Fsp3) is 0.533. The summed E-state index contributed by atoms with van der Waals surface area (Å²) < 4.78 is 5.60. The normalized spacial score (nSPS) is 10.4. The van der Waals surface area contributed by atoms with Crippen molar-refractivity contribution in [1.82, 2.24) is 5.32 Å². The van der Waals surface area contributed by atoms with Gasteiger partial charge in [-0.3, -0.25) is 4.79 Å². The highest BCUT2D eigenvalue weighted by Crippen LogP contribution is 2.12. The largest absolute Gasteiger partial charge is 0.494 e. The second kappa shape index (κ2) is 9.39. The first-order valence-electron chi connectivity index (χ1n) is 6.93. The summed E-state index contributed by atoms with van der Waals surface area (Å²) in [5.41, 5.74) is 6.28. The Morgan fingerprint density at radius 1 is 1.26 bits per heavy atom. The van der Waals surface area contributed by atoms with Gasteiger partial charge in [-0.1, -0.05) is 25.5 Å². The third kappa shape index (κ3) is 7.47. The lowest BCUT2D eigenvalue weighted by atomic mass is 10.2. The van der Waals surface area contributed by atoms with Gasteiger partial charge in [-0.15, -0.1) is 0 Å². The first kappa shape index (κ1) is 15.5. The smallest absolute Gasteiger partial charge is 0.217 e. The number of nitrogens with one attached hydrogen (secondary N) is 1. The number of benzene rings is 1. The van der Waals surface area contributed by atoms with E-state index in [4.69, 9.17) is 10.5 Å². The molecule has 0 aliphatic heterocycles. The van der Waals surface area contributed by atoms with Crippen LogP contribution in [0.2, 0.25) is 0 Å². The van der Waals surface area contributed by atoms with E-state index in [1.54, 1.807) is 0 Å². The topological polar surface area (TPSA) is 64.3 Å². The molecule has 0 atom stereocenters. The third-order valence-electron chi connectivity index (χ3n) is 2.80. The molecule has 4 heteroatoms. The molecule has 0 fully saturated rings. The Morgan fingerprint density at radius 3 is 2.63 bits per heavy atom. The molecule has 0 aromatic heterocycles. The molecule has 106 valence electrons. The molecule has 1 aromatic rings. The molecule has 0 spiro atoms. The molecule has 1 aromatic carbocycles. The summed E-state index contributed by atoms with van der Waals surface area (Å²) in [6.07, 6.45) is 3.46. The zero-order valence-electron chi connectivity index (χ0n) is 11.7. The van der Waals surface area contributed by atoms with Gasteiger partial charge in [0.05, 0.1) is 6.61 Å². The van der Waals surface area contributed by atoms with E-state index >= 15 is 0 Å². The summed E-state index contributed by atoms with van der Waals surface area (Å²) in [5.74, 6) is 0.682. The van der Waals surface area contributed by atoms with Crippen molar-refractivity contribution in [2.75, 3.05) is 13.2 Å². The van der Waals surface area contributed by atoms with Gasteiger partial charge < -0.3 is 15.8 Å². The van der Waals surface area contributed by atoms with Gasteiger partial charge in [-0.25, -0.2) is 0 Å². The molecule has 0 unspecified atom stereocenters. The lowest BCUT2D eigenvalue weighted by molar-refractivity contribution is -0.118. The minimum Gasteiger partial charge on any atom is -0.494 e. The van der Waals surface area contributed by atoms with E-state index in [0.29, 0.717) is 6.42 Å². The van der Waals surface area contributed by atoms with Crippen molar-refractivity contribution >= 4 is 5.91 Å². The van der Waals surface area contributed by atoms with Crippen LogP contribution in [0, 0.1) is 0 Å². The molecule has 0 saturated heterocycles. The maximum absolute atomic E-state index is 10.6. The van der Waals surface area contributed by atoms with E-state index < -0.39 is 0 Å². The molecular formula is C15H24N2O2. The number of primary amides is 1. The Hall–Kier alpha value is -1.55. The molecule has 0 radical (unpaired) electrons. The van der Waals surface area contributed by atoms with Crippen molar-refractivity contribution in [3.8, 4) is 5.75 Å². The molecule has 4 nitrogen and oxygen atoms in total. The monoisotopic (exact) mass is 264 g/mol. The summed E-state index contributed by atoms with van der Waals surface area (Å²) in [6.45, 7) is 4.53. The van der Waals surface area contributed by atoms with Gasteiger partial charge in [0.25, 0.3) is 0 Å². The van der Waals surface area contributed by atoms with Crippen molar-refractivity contribution in [1.29, 1.82) is 0 Å². The van der Waals surface area contributed by atoms with E-state index in [2.05, 4.69) is 24.4 Å². The predicted molar refractivity (Wildman–Crippen MR) is 77.0 cm³/mol. The van der Waals surface area contributed by atoms with E-state index in [0.717, 1.165) is 44.7 Å². The van der Waals surface area contributed by atoms with Crippen molar-refractivity contribution in [3.63, 3.8) is 0 Å². The zero-order valence-corrected chi connectivity index (χ0v) is 11.7. The number of hydrogen-bond acceptors (Lipinski definition) is 3. The Kier molecular flexibility index (Phi) is 7.66. The van der Waals surface area contributed by atoms with Gasteiger partial charge in [0.2, 0.25) is 5.91 Å². The molecule has 0 bridgehead atoms. The highest BCUT2D eigenvalue weighted by Gasteiger charge is 1.97. The summed E-state index contributed by atoms with van der Waals surface area (Å²) in [4.78, 5) is 10.6. The lowest BCUT2D eigenvalue weighted by Crippen LogP contribution is -2.18. The van der Waals surface area contributed by atoms with Gasteiger partial charge in [0.1, 0.15) is 5.75 Å². The fourth-order valence-electron chi connectivity index (χ4n) is 1.66. The zero-order chi connectivity index (χ0) is 13.9. The molecular weight excluding hydrogens is 240 g/mol. The van der Waals surface area contributed by atoms with Crippen LogP contribution < -0.4 is 15.8 Å². The highest BCUT2D eigenvalue weighted by atomic mass is 16.5. The SMILES string of the molecule is CCCCOc1ccc(CNCCCC(N)=O)cc1.